The number of benzene rings is 1. The number of carbonyl (C=O) groups excluding carboxylic acids is 2. The molecule has 156 valence electrons. The lowest BCUT2D eigenvalue weighted by Gasteiger charge is -2.25. The van der Waals surface area contributed by atoms with E-state index in [1.807, 2.05) is 0 Å². The van der Waals surface area contributed by atoms with Crippen LogP contribution in [0.4, 0.5) is 8.78 Å². The zero-order valence-electron chi connectivity index (χ0n) is 15.2. The Morgan fingerprint density at radius 2 is 1.96 bits per heavy atom. The smallest absolute Gasteiger partial charge is 0.387 e. The first-order valence-electron chi connectivity index (χ1n) is 8.41. The SMILES string of the molecule is CN=C(NCCN1C(=O)CCCC1=O)NCc1cc(Cl)ccc1OC(F)F.I. The highest BCUT2D eigenvalue weighted by atomic mass is 127. The van der Waals surface area contributed by atoms with Gasteiger partial charge in [-0.1, -0.05) is 11.6 Å². The average molecular weight is 531 g/mol. The molecule has 0 atom stereocenters. The lowest BCUT2D eigenvalue weighted by Crippen LogP contribution is -2.46. The summed E-state index contributed by atoms with van der Waals surface area (Å²) < 4.78 is 29.5. The Labute approximate surface area is 183 Å². The van der Waals surface area contributed by atoms with E-state index in [1.165, 1.54) is 23.1 Å². The Bertz CT molecular complexity index is 706. The van der Waals surface area contributed by atoms with Gasteiger partial charge in [0, 0.05) is 50.1 Å². The van der Waals surface area contributed by atoms with Crippen molar-refractivity contribution in [1.29, 1.82) is 0 Å². The van der Waals surface area contributed by atoms with Gasteiger partial charge in [0.25, 0.3) is 0 Å². The van der Waals surface area contributed by atoms with E-state index in [9.17, 15) is 18.4 Å². The maximum atomic E-state index is 12.5. The van der Waals surface area contributed by atoms with E-state index >= 15 is 0 Å². The van der Waals surface area contributed by atoms with Crippen molar-refractivity contribution in [3.63, 3.8) is 0 Å². The van der Waals surface area contributed by atoms with E-state index in [2.05, 4.69) is 20.4 Å². The lowest BCUT2D eigenvalue weighted by molar-refractivity contribution is -0.147. The molecule has 0 spiro atoms. The number of nitrogens with zero attached hydrogens (tertiary/aromatic N) is 2. The third-order valence-electron chi connectivity index (χ3n) is 3.92. The van der Waals surface area contributed by atoms with Gasteiger partial charge in [0.15, 0.2) is 5.96 Å². The molecule has 0 bridgehead atoms. The first-order chi connectivity index (χ1) is 12.9. The number of rotatable bonds is 7. The Kier molecular flexibility index (Phi) is 10.4. The standard InChI is InChI=1S/C17H21ClF2N4O3.HI/c1-21-17(22-7-8-24-14(25)3-2-4-15(24)26)23-10-11-9-12(18)5-6-13(11)27-16(19)20;/h5-6,9,16H,2-4,7-8,10H2,1H3,(H2,21,22,23);1H. The molecule has 11 heteroatoms. The van der Waals surface area contributed by atoms with Crippen LogP contribution in [-0.2, 0) is 16.1 Å². The van der Waals surface area contributed by atoms with Crippen molar-refractivity contribution in [2.24, 2.45) is 4.99 Å². The molecule has 1 saturated heterocycles. The number of amides is 2. The lowest BCUT2D eigenvalue weighted by atomic mass is 10.1. The molecule has 7 nitrogen and oxygen atoms in total. The fourth-order valence-corrected chi connectivity index (χ4v) is 2.83. The predicted molar refractivity (Wildman–Crippen MR) is 112 cm³/mol. The van der Waals surface area contributed by atoms with Crippen LogP contribution >= 0.6 is 35.6 Å². The summed E-state index contributed by atoms with van der Waals surface area (Å²) in [6, 6.07) is 4.35. The third kappa shape index (κ3) is 7.38. The van der Waals surface area contributed by atoms with Crippen LogP contribution in [0.1, 0.15) is 24.8 Å². The topological polar surface area (TPSA) is 83.0 Å². The molecule has 1 aromatic carbocycles. The molecule has 1 heterocycles. The molecule has 1 aliphatic heterocycles. The van der Waals surface area contributed by atoms with Gasteiger partial charge in [-0.3, -0.25) is 19.5 Å². The highest BCUT2D eigenvalue weighted by molar-refractivity contribution is 14.0. The monoisotopic (exact) mass is 530 g/mol. The van der Waals surface area contributed by atoms with E-state index in [-0.39, 0.29) is 54.6 Å². The molecule has 0 aromatic heterocycles. The van der Waals surface area contributed by atoms with Crippen LogP contribution in [0.2, 0.25) is 5.02 Å². The van der Waals surface area contributed by atoms with Gasteiger partial charge < -0.3 is 15.4 Å². The number of likely N-dealkylation sites (tertiary alicyclic amines) is 1. The zero-order chi connectivity index (χ0) is 19.8. The summed E-state index contributed by atoms with van der Waals surface area (Å²) in [6.07, 6.45) is 1.34. The van der Waals surface area contributed by atoms with Crippen molar-refractivity contribution in [3.8, 4) is 5.75 Å². The second kappa shape index (κ2) is 12.0. The Hall–Kier alpha value is -1.69. The number of nitrogens with one attached hydrogen (secondary N) is 2. The number of aliphatic imine (C=N–C) groups is 1. The number of hydrogen-bond donors (Lipinski definition) is 2. The van der Waals surface area contributed by atoms with E-state index in [1.54, 1.807) is 7.05 Å². The van der Waals surface area contributed by atoms with Crippen LogP contribution < -0.4 is 15.4 Å². The van der Waals surface area contributed by atoms with Crippen LogP contribution in [-0.4, -0.2) is 49.4 Å². The number of carbonyl (C=O) groups is 2. The molecule has 28 heavy (non-hydrogen) atoms. The largest absolute Gasteiger partial charge is 0.434 e. The first kappa shape index (κ1) is 24.3. The first-order valence-corrected chi connectivity index (χ1v) is 8.79. The van der Waals surface area contributed by atoms with E-state index in [4.69, 9.17) is 11.6 Å². The molecule has 2 N–H and O–H groups in total. The zero-order valence-corrected chi connectivity index (χ0v) is 18.3. The normalized spacial score (nSPS) is 14.8. The highest BCUT2D eigenvalue weighted by Gasteiger charge is 2.25. The second-order valence-electron chi connectivity index (χ2n) is 5.78. The van der Waals surface area contributed by atoms with Gasteiger partial charge in [-0.15, -0.1) is 24.0 Å². The maximum Gasteiger partial charge on any atom is 0.387 e. The highest BCUT2D eigenvalue weighted by Crippen LogP contribution is 2.24. The van der Waals surface area contributed by atoms with E-state index in [0.29, 0.717) is 42.4 Å². The summed E-state index contributed by atoms with van der Waals surface area (Å²) in [4.78, 5) is 28.8. The number of alkyl halides is 2. The van der Waals surface area contributed by atoms with Crippen molar-refractivity contribution < 1.29 is 23.1 Å². The van der Waals surface area contributed by atoms with Crippen LogP contribution in [0.5, 0.6) is 5.75 Å². The molecular formula is C17H22ClF2IN4O3. The van der Waals surface area contributed by atoms with Gasteiger partial charge in [0.05, 0.1) is 0 Å². The second-order valence-corrected chi connectivity index (χ2v) is 6.21. The number of hydrogen-bond acceptors (Lipinski definition) is 4. The number of piperidine rings is 1. The Morgan fingerprint density at radius 3 is 2.57 bits per heavy atom. The fraction of sp³-hybridized carbons (Fsp3) is 0.471. The van der Waals surface area contributed by atoms with Crippen molar-refractivity contribution in [1.82, 2.24) is 15.5 Å². The van der Waals surface area contributed by atoms with Crippen LogP contribution in [0.3, 0.4) is 0 Å². The molecular weight excluding hydrogens is 509 g/mol. The number of halogens is 4. The quantitative estimate of drug-likeness (QED) is 0.245. The van der Waals surface area contributed by atoms with E-state index in [0.717, 1.165) is 0 Å². The van der Waals surface area contributed by atoms with Gasteiger partial charge in [-0.2, -0.15) is 8.78 Å². The summed E-state index contributed by atoms with van der Waals surface area (Å²) in [5, 5.41) is 6.31. The summed E-state index contributed by atoms with van der Waals surface area (Å²) in [6.45, 7) is -2.26. The molecule has 2 rings (SSSR count). The van der Waals surface area contributed by atoms with Crippen molar-refractivity contribution >= 4 is 53.4 Å². The summed E-state index contributed by atoms with van der Waals surface area (Å²) >= 11 is 5.91. The molecule has 0 saturated carbocycles. The van der Waals surface area contributed by atoms with Gasteiger partial charge >= 0.3 is 6.61 Å². The van der Waals surface area contributed by atoms with Gasteiger partial charge in [0.1, 0.15) is 5.75 Å². The third-order valence-corrected chi connectivity index (χ3v) is 4.15. The minimum Gasteiger partial charge on any atom is -0.434 e. The minimum absolute atomic E-state index is 0. The predicted octanol–water partition coefficient (Wildman–Crippen LogP) is 2.76. The average Bonchev–Trinajstić information content (AvgIpc) is 2.61. The van der Waals surface area contributed by atoms with Crippen LogP contribution in [0.25, 0.3) is 0 Å². The molecule has 0 aliphatic carbocycles. The molecule has 1 fully saturated rings. The number of ether oxygens (including phenoxy) is 1. The number of imide groups is 1. The maximum absolute atomic E-state index is 12.5. The summed E-state index contributed by atoms with van der Waals surface area (Å²) in [5.41, 5.74) is 0.437. The molecule has 1 aromatic rings. The van der Waals surface area contributed by atoms with Gasteiger partial charge in [0.2, 0.25) is 11.8 Å². The molecule has 0 radical (unpaired) electrons. The van der Waals surface area contributed by atoms with Crippen LogP contribution in [0, 0.1) is 0 Å². The van der Waals surface area contributed by atoms with Gasteiger partial charge in [-0.25, -0.2) is 0 Å². The summed E-state index contributed by atoms with van der Waals surface area (Å²) in [7, 11) is 1.54. The fourth-order valence-electron chi connectivity index (χ4n) is 2.63. The van der Waals surface area contributed by atoms with Crippen molar-refractivity contribution in [2.45, 2.75) is 32.4 Å². The van der Waals surface area contributed by atoms with Crippen molar-refractivity contribution in [3.05, 3.63) is 28.8 Å². The van der Waals surface area contributed by atoms with E-state index < -0.39 is 6.61 Å². The molecule has 2 amide bonds. The molecule has 1 aliphatic rings. The van der Waals surface area contributed by atoms with Crippen LogP contribution in [0.15, 0.2) is 23.2 Å². The minimum atomic E-state index is -2.94. The summed E-state index contributed by atoms with van der Waals surface area (Å²) in [5.74, 6) is 0.0455. The molecule has 0 unspecified atom stereocenters. The number of guanidine groups is 1. The van der Waals surface area contributed by atoms with Crippen molar-refractivity contribution in [2.75, 3.05) is 20.1 Å². The van der Waals surface area contributed by atoms with Gasteiger partial charge in [-0.05, 0) is 24.6 Å². The Balaban J connectivity index is 0.00000392. The Morgan fingerprint density at radius 1 is 1.29 bits per heavy atom.